The zero-order chi connectivity index (χ0) is 16.4. The van der Waals surface area contributed by atoms with Crippen LogP contribution in [0.15, 0.2) is 18.2 Å². The second-order valence-corrected chi connectivity index (χ2v) is 5.50. The molecular weight excluding hydrogens is 287 g/mol. The Morgan fingerprint density at radius 3 is 2.19 bits per heavy atom. The lowest BCUT2D eigenvalue weighted by Gasteiger charge is -2.20. The van der Waals surface area contributed by atoms with Crippen LogP contribution in [0, 0.1) is 6.92 Å². The van der Waals surface area contributed by atoms with Crippen LogP contribution in [-0.4, -0.2) is 23.7 Å². The fourth-order valence-electron chi connectivity index (χ4n) is 1.52. The van der Waals surface area contributed by atoms with E-state index in [0.29, 0.717) is 5.56 Å². The van der Waals surface area contributed by atoms with Crippen LogP contribution in [0.2, 0.25) is 0 Å². The summed E-state index contributed by atoms with van der Waals surface area (Å²) in [4.78, 5) is 23.0. The van der Waals surface area contributed by atoms with E-state index in [1.54, 1.807) is 27.7 Å². The molecule has 21 heavy (non-hydrogen) atoms. The van der Waals surface area contributed by atoms with E-state index in [4.69, 9.17) is 4.74 Å². The summed E-state index contributed by atoms with van der Waals surface area (Å²) >= 11 is 0. The molecular formula is C14H16F3NO3. The molecule has 1 aromatic rings. The minimum atomic E-state index is -5.02. The average molecular weight is 303 g/mol. The highest BCUT2D eigenvalue weighted by Gasteiger charge is 2.40. The van der Waals surface area contributed by atoms with Crippen LogP contribution in [0.4, 0.5) is 23.7 Å². The Labute approximate surface area is 120 Å². The molecule has 0 fully saturated rings. The third-order valence-electron chi connectivity index (χ3n) is 2.31. The molecule has 1 aromatic carbocycles. The highest BCUT2D eigenvalue weighted by molar-refractivity contribution is 6.07. The number of alkyl halides is 3. The number of nitrogens with one attached hydrogen (secondary N) is 1. The first kappa shape index (κ1) is 17.0. The summed E-state index contributed by atoms with van der Waals surface area (Å²) in [5.41, 5.74) is -1.19. The highest BCUT2D eigenvalue weighted by atomic mass is 19.4. The number of carbonyl (C=O) groups is 2. The van der Waals surface area contributed by atoms with Crippen molar-refractivity contribution < 1.29 is 27.5 Å². The Morgan fingerprint density at radius 1 is 1.14 bits per heavy atom. The normalized spacial score (nSPS) is 12.0. The van der Waals surface area contributed by atoms with E-state index in [1.165, 1.54) is 12.1 Å². The van der Waals surface area contributed by atoms with Gasteiger partial charge in [-0.05, 0) is 39.8 Å². The molecule has 1 rings (SSSR count). The van der Waals surface area contributed by atoms with Gasteiger partial charge in [0.25, 0.3) is 5.78 Å². The predicted octanol–water partition coefficient (Wildman–Crippen LogP) is 4.09. The molecule has 1 amide bonds. The molecule has 0 saturated carbocycles. The zero-order valence-corrected chi connectivity index (χ0v) is 12.1. The van der Waals surface area contributed by atoms with E-state index < -0.39 is 29.2 Å². The Balaban J connectivity index is 3.09. The minimum Gasteiger partial charge on any atom is -0.444 e. The molecule has 0 heterocycles. The first-order valence-electron chi connectivity index (χ1n) is 6.12. The van der Waals surface area contributed by atoms with E-state index in [1.807, 2.05) is 0 Å². The van der Waals surface area contributed by atoms with Gasteiger partial charge in [-0.2, -0.15) is 13.2 Å². The molecule has 7 heteroatoms. The van der Waals surface area contributed by atoms with Crippen molar-refractivity contribution in [3.63, 3.8) is 0 Å². The maximum atomic E-state index is 12.6. The number of benzene rings is 1. The summed E-state index contributed by atoms with van der Waals surface area (Å²) in [5.74, 6) is -2.02. The van der Waals surface area contributed by atoms with Gasteiger partial charge in [0, 0.05) is 0 Å². The van der Waals surface area contributed by atoms with E-state index >= 15 is 0 Å². The zero-order valence-electron chi connectivity index (χ0n) is 12.1. The number of ether oxygens (including phenoxy) is 1. The van der Waals surface area contributed by atoms with E-state index in [2.05, 4.69) is 5.32 Å². The number of Topliss-reactive ketones (excluding diaryl/α,β-unsaturated/α-hetero) is 1. The number of halogens is 3. The molecule has 0 spiro atoms. The highest BCUT2D eigenvalue weighted by Crippen LogP contribution is 2.27. The maximum absolute atomic E-state index is 12.6. The Hall–Kier alpha value is -2.05. The number of anilines is 1. The summed E-state index contributed by atoms with van der Waals surface area (Å²) in [5, 5.41) is 2.17. The molecule has 116 valence electrons. The second kappa shape index (κ2) is 5.75. The van der Waals surface area contributed by atoms with Crippen LogP contribution in [0.1, 0.15) is 36.7 Å². The molecule has 0 aliphatic carbocycles. The topological polar surface area (TPSA) is 55.4 Å². The molecule has 0 atom stereocenters. The average Bonchev–Trinajstić information content (AvgIpc) is 2.26. The Morgan fingerprint density at radius 2 is 1.71 bits per heavy atom. The first-order valence-corrected chi connectivity index (χ1v) is 6.12. The van der Waals surface area contributed by atoms with Gasteiger partial charge in [0.05, 0.1) is 11.3 Å². The van der Waals surface area contributed by atoms with Gasteiger partial charge in [-0.15, -0.1) is 0 Å². The van der Waals surface area contributed by atoms with E-state index in [9.17, 15) is 22.8 Å². The number of rotatable bonds is 2. The van der Waals surface area contributed by atoms with Crippen molar-refractivity contribution in [1.82, 2.24) is 0 Å². The summed E-state index contributed by atoms with van der Waals surface area (Å²) in [6.45, 7) is 6.39. The molecule has 0 saturated heterocycles. The fourth-order valence-corrected chi connectivity index (χ4v) is 1.52. The van der Waals surface area contributed by atoms with Crippen LogP contribution < -0.4 is 5.32 Å². The lowest BCUT2D eigenvalue weighted by Crippen LogP contribution is -2.29. The van der Waals surface area contributed by atoms with E-state index in [-0.39, 0.29) is 5.69 Å². The van der Waals surface area contributed by atoms with Crippen LogP contribution in [0.25, 0.3) is 0 Å². The van der Waals surface area contributed by atoms with Gasteiger partial charge in [-0.3, -0.25) is 10.1 Å². The SMILES string of the molecule is Cc1ccc(NC(=O)OC(C)(C)C)c(C(=O)C(F)(F)F)c1. The smallest absolute Gasteiger partial charge is 0.444 e. The van der Waals surface area contributed by atoms with Gasteiger partial charge in [0.1, 0.15) is 5.60 Å². The summed E-state index contributed by atoms with van der Waals surface area (Å²) in [6, 6.07) is 3.79. The molecule has 4 nitrogen and oxygen atoms in total. The number of hydrogen-bond donors (Lipinski definition) is 1. The monoisotopic (exact) mass is 303 g/mol. The molecule has 0 aliphatic heterocycles. The van der Waals surface area contributed by atoms with Gasteiger partial charge in [-0.1, -0.05) is 11.6 Å². The number of aryl methyl sites for hydroxylation is 1. The van der Waals surface area contributed by atoms with Crippen LogP contribution in [0.5, 0.6) is 0 Å². The van der Waals surface area contributed by atoms with Crippen molar-refractivity contribution in [2.75, 3.05) is 5.32 Å². The minimum absolute atomic E-state index is 0.239. The van der Waals surface area contributed by atoms with Crippen molar-refractivity contribution in [1.29, 1.82) is 0 Å². The standard InChI is InChI=1S/C14H16F3NO3/c1-8-5-6-10(18-12(20)21-13(2,3)4)9(7-8)11(19)14(15,16)17/h5-7H,1-4H3,(H,18,20). The molecule has 0 aliphatic rings. The van der Waals surface area contributed by atoms with Crippen molar-refractivity contribution in [2.45, 2.75) is 39.5 Å². The second-order valence-electron chi connectivity index (χ2n) is 5.50. The molecule has 1 N–H and O–H groups in total. The predicted molar refractivity (Wildman–Crippen MR) is 71.4 cm³/mol. The number of hydrogen-bond acceptors (Lipinski definition) is 3. The van der Waals surface area contributed by atoms with E-state index in [0.717, 1.165) is 6.07 Å². The number of ketones is 1. The number of carbonyl (C=O) groups excluding carboxylic acids is 2. The van der Waals surface area contributed by atoms with Gasteiger partial charge in [0.15, 0.2) is 0 Å². The molecule has 0 unspecified atom stereocenters. The van der Waals surface area contributed by atoms with Gasteiger partial charge < -0.3 is 4.74 Å². The molecule has 0 radical (unpaired) electrons. The maximum Gasteiger partial charge on any atom is 0.454 e. The summed E-state index contributed by atoms with van der Waals surface area (Å²) in [7, 11) is 0. The molecule has 0 aromatic heterocycles. The third-order valence-corrected chi connectivity index (χ3v) is 2.31. The van der Waals surface area contributed by atoms with Gasteiger partial charge >= 0.3 is 12.3 Å². The third kappa shape index (κ3) is 5.09. The first-order chi connectivity index (χ1) is 9.40. The van der Waals surface area contributed by atoms with Crippen LogP contribution in [-0.2, 0) is 4.74 Å². The van der Waals surface area contributed by atoms with Crippen molar-refractivity contribution in [3.05, 3.63) is 29.3 Å². The van der Waals surface area contributed by atoms with Gasteiger partial charge in [0.2, 0.25) is 0 Å². The lowest BCUT2D eigenvalue weighted by molar-refractivity contribution is -0.0884. The molecule has 0 bridgehead atoms. The fraction of sp³-hybridized carbons (Fsp3) is 0.429. The van der Waals surface area contributed by atoms with Crippen LogP contribution in [0.3, 0.4) is 0 Å². The summed E-state index contributed by atoms with van der Waals surface area (Å²) < 4.78 is 42.6. The van der Waals surface area contributed by atoms with Crippen molar-refractivity contribution in [2.24, 2.45) is 0 Å². The lowest BCUT2D eigenvalue weighted by atomic mass is 10.0. The Kier molecular flexibility index (Phi) is 4.65. The quantitative estimate of drug-likeness (QED) is 0.837. The van der Waals surface area contributed by atoms with Crippen LogP contribution >= 0.6 is 0 Å². The van der Waals surface area contributed by atoms with Crippen molar-refractivity contribution in [3.8, 4) is 0 Å². The van der Waals surface area contributed by atoms with Gasteiger partial charge in [-0.25, -0.2) is 4.79 Å². The largest absolute Gasteiger partial charge is 0.454 e. The summed E-state index contributed by atoms with van der Waals surface area (Å²) in [6.07, 6.45) is -5.94. The van der Waals surface area contributed by atoms with Crippen molar-refractivity contribution >= 4 is 17.6 Å². The Bertz CT molecular complexity index is 560. The number of amides is 1.